The van der Waals surface area contributed by atoms with Gasteiger partial charge in [-0.1, -0.05) is 34.6 Å². The average molecular weight is 327 g/mol. The zero-order valence-electron chi connectivity index (χ0n) is 16.7. The molecule has 0 spiro atoms. The molecule has 0 bridgehead atoms. The molecule has 0 radical (unpaired) electrons. The third-order valence-electron chi connectivity index (χ3n) is 4.75. The van der Waals surface area contributed by atoms with Crippen LogP contribution in [0.2, 0.25) is 0 Å². The van der Waals surface area contributed by atoms with Crippen LogP contribution in [0.15, 0.2) is 0 Å². The molecule has 2 aliphatic rings. The number of hydrogen-bond donors (Lipinski definition) is 0. The molecular weight excluding hydrogens is 284 g/mol. The molecule has 0 aromatic heterocycles. The number of likely N-dealkylation sites (N-methyl/N-ethyl adjacent to an activating group) is 2. The first-order chi connectivity index (χ1) is 10.9. The Morgan fingerprint density at radius 1 is 0.609 bits per heavy atom. The van der Waals surface area contributed by atoms with Gasteiger partial charge in [-0.15, -0.1) is 0 Å². The molecule has 138 valence electrons. The van der Waals surface area contributed by atoms with Crippen LogP contribution in [0.3, 0.4) is 0 Å². The maximum absolute atomic E-state index is 2.58. The highest BCUT2D eigenvalue weighted by molar-refractivity contribution is 4.71. The third-order valence-corrected chi connectivity index (χ3v) is 4.75. The number of hydrogen-bond acceptors (Lipinski definition) is 4. The van der Waals surface area contributed by atoms with Crippen molar-refractivity contribution in [3.8, 4) is 0 Å². The second kappa shape index (κ2) is 11.4. The first-order valence-electron chi connectivity index (χ1n) is 9.76. The molecule has 0 amide bonds. The van der Waals surface area contributed by atoms with Crippen molar-refractivity contribution in [1.82, 2.24) is 19.6 Å². The standard InChI is InChI=1S/C10H22N2.C9H20N2/c1-4-11-5-7-12(8-6-11)9-10(2)3;1-9(2)8-11-6-4-10(3)5-7-11/h10H,4-9H2,1-3H3;9H,4-8H2,1-3H3. The predicted molar refractivity (Wildman–Crippen MR) is 102 cm³/mol. The molecule has 2 saturated heterocycles. The van der Waals surface area contributed by atoms with Crippen molar-refractivity contribution in [2.75, 3.05) is 79.0 Å². The fraction of sp³-hybridized carbons (Fsp3) is 1.00. The smallest absolute Gasteiger partial charge is 0.0110 e. The Balaban J connectivity index is 0.000000231. The monoisotopic (exact) mass is 326 g/mol. The van der Waals surface area contributed by atoms with E-state index >= 15 is 0 Å². The van der Waals surface area contributed by atoms with Crippen LogP contribution < -0.4 is 0 Å². The second-order valence-corrected chi connectivity index (χ2v) is 8.13. The summed E-state index contributed by atoms with van der Waals surface area (Å²) in [7, 11) is 2.20. The molecule has 2 heterocycles. The lowest BCUT2D eigenvalue weighted by Gasteiger charge is -2.34. The molecule has 4 heteroatoms. The van der Waals surface area contributed by atoms with Gasteiger partial charge in [-0.2, -0.15) is 0 Å². The fourth-order valence-corrected chi connectivity index (χ4v) is 3.35. The van der Waals surface area contributed by atoms with Gasteiger partial charge < -0.3 is 19.6 Å². The number of piperazine rings is 2. The van der Waals surface area contributed by atoms with Crippen molar-refractivity contribution in [1.29, 1.82) is 0 Å². The van der Waals surface area contributed by atoms with E-state index in [-0.39, 0.29) is 0 Å². The summed E-state index contributed by atoms with van der Waals surface area (Å²) >= 11 is 0. The molecule has 0 aliphatic carbocycles. The largest absolute Gasteiger partial charge is 0.304 e. The summed E-state index contributed by atoms with van der Waals surface area (Å²) in [4.78, 5) is 10.1. The Morgan fingerprint density at radius 3 is 1.30 bits per heavy atom. The van der Waals surface area contributed by atoms with E-state index in [0.29, 0.717) is 0 Å². The van der Waals surface area contributed by atoms with Crippen LogP contribution in [0.25, 0.3) is 0 Å². The summed E-state index contributed by atoms with van der Waals surface area (Å²) < 4.78 is 0. The van der Waals surface area contributed by atoms with Gasteiger partial charge in [0.1, 0.15) is 0 Å². The van der Waals surface area contributed by atoms with Gasteiger partial charge in [0.15, 0.2) is 0 Å². The molecule has 4 nitrogen and oxygen atoms in total. The van der Waals surface area contributed by atoms with Crippen molar-refractivity contribution in [3.63, 3.8) is 0 Å². The summed E-state index contributed by atoms with van der Waals surface area (Å²) in [6, 6.07) is 0. The molecule has 0 aromatic rings. The summed E-state index contributed by atoms with van der Waals surface area (Å²) in [6.45, 7) is 25.3. The highest BCUT2D eigenvalue weighted by Gasteiger charge is 2.15. The molecule has 23 heavy (non-hydrogen) atoms. The van der Waals surface area contributed by atoms with E-state index in [2.05, 4.69) is 61.3 Å². The van der Waals surface area contributed by atoms with Crippen LogP contribution in [-0.2, 0) is 0 Å². The van der Waals surface area contributed by atoms with Crippen LogP contribution in [-0.4, -0.2) is 98.6 Å². The van der Waals surface area contributed by atoms with E-state index < -0.39 is 0 Å². The predicted octanol–water partition coefficient (Wildman–Crippen LogP) is 2.17. The summed E-state index contributed by atoms with van der Waals surface area (Å²) in [6.07, 6.45) is 0. The maximum Gasteiger partial charge on any atom is 0.0110 e. The Labute approximate surface area is 145 Å². The lowest BCUT2D eigenvalue weighted by molar-refractivity contribution is 0.127. The van der Waals surface area contributed by atoms with Crippen LogP contribution in [0, 0.1) is 11.8 Å². The molecule has 0 N–H and O–H groups in total. The van der Waals surface area contributed by atoms with E-state index in [9.17, 15) is 0 Å². The minimum atomic E-state index is 0.818. The molecular formula is C19H42N4. The molecule has 2 aliphatic heterocycles. The normalized spacial score (nSPS) is 22.4. The van der Waals surface area contributed by atoms with Crippen molar-refractivity contribution >= 4 is 0 Å². The minimum absolute atomic E-state index is 0.818. The third kappa shape index (κ3) is 9.65. The maximum atomic E-state index is 2.58. The van der Waals surface area contributed by atoms with Gasteiger partial charge in [-0.05, 0) is 25.4 Å². The zero-order chi connectivity index (χ0) is 17.2. The Kier molecular flexibility index (Phi) is 10.4. The average Bonchev–Trinajstić information content (AvgIpc) is 2.50. The first kappa shape index (κ1) is 20.9. The minimum Gasteiger partial charge on any atom is -0.304 e. The van der Waals surface area contributed by atoms with Gasteiger partial charge in [0.05, 0.1) is 0 Å². The van der Waals surface area contributed by atoms with Crippen molar-refractivity contribution in [3.05, 3.63) is 0 Å². The van der Waals surface area contributed by atoms with Gasteiger partial charge in [0, 0.05) is 65.4 Å². The highest BCUT2D eigenvalue weighted by atomic mass is 15.3. The van der Waals surface area contributed by atoms with Gasteiger partial charge in [-0.25, -0.2) is 0 Å². The topological polar surface area (TPSA) is 13.0 Å². The second-order valence-electron chi connectivity index (χ2n) is 8.13. The fourth-order valence-electron chi connectivity index (χ4n) is 3.35. The summed E-state index contributed by atoms with van der Waals surface area (Å²) in [5.74, 6) is 1.64. The molecule has 0 aromatic carbocycles. The quantitative estimate of drug-likeness (QED) is 0.767. The van der Waals surface area contributed by atoms with Crippen molar-refractivity contribution in [2.45, 2.75) is 34.6 Å². The van der Waals surface area contributed by atoms with E-state index in [1.807, 2.05) is 0 Å². The van der Waals surface area contributed by atoms with Gasteiger partial charge >= 0.3 is 0 Å². The van der Waals surface area contributed by atoms with Crippen LogP contribution in [0.5, 0.6) is 0 Å². The van der Waals surface area contributed by atoms with Gasteiger partial charge in [0.2, 0.25) is 0 Å². The van der Waals surface area contributed by atoms with Crippen LogP contribution >= 0.6 is 0 Å². The Hall–Kier alpha value is -0.160. The summed E-state index contributed by atoms with van der Waals surface area (Å²) in [5.41, 5.74) is 0. The number of rotatable bonds is 5. The molecule has 0 atom stereocenters. The van der Waals surface area contributed by atoms with Crippen LogP contribution in [0.1, 0.15) is 34.6 Å². The Bertz CT molecular complexity index is 277. The zero-order valence-corrected chi connectivity index (χ0v) is 16.7. The SMILES string of the molecule is CC(C)CN1CCN(C)CC1.CCN1CCN(CC(C)C)CC1. The molecule has 2 rings (SSSR count). The van der Waals surface area contributed by atoms with E-state index in [4.69, 9.17) is 0 Å². The molecule has 0 unspecified atom stereocenters. The van der Waals surface area contributed by atoms with Gasteiger partial charge in [0.25, 0.3) is 0 Å². The van der Waals surface area contributed by atoms with Gasteiger partial charge in [-0.3, -0.25) is 0 Å². The summed E-state index contributed by atoms with van der Waals surface area (Å²) in [5, 5.41) is 0. The van der Waals surface area contributed by atoms with E-state index in [1.54, 1.807) is 0 Å². The lowest BCUT2D eigenvalue weighted by atomic mass is 10.2. The number of nitrogens with zero attached hydrogens (tertiary/aromatic N) is 4. The first-order valence-corrected chi connectivity index (χ1v) is 9.76. The van der Waals surface area contributed by atoms with E-state index in [0.717, 1.165) is 11.8 Å². The Morgan fingerprint density at radius 2 is 0.957 bits per heavy atom. The lowest BCUT2D eigenvalue weighted by Crippen LogP contribution is -2.47. The highest BCUT2D eigenvalue weighted by Crippen LogP contribution is 2.04. The van der Waals surface area contributed by atoms with Crippen molar-refractivity contribution < 1.29 is 0 Å². The van der Waals surface area contributed by atoms with Crippen LogP contribution in [0.4, 0.5) is 0 Å². The van der Waals surface area contributed by atoms with E-state index in [1.165, 1.54) is 72.0 Å². The molecule has 0 saturated carbocycles. The van der Waals surface area contributed by atoms with Crippen molar-refractivity contribution in [2.24, 2.45) is 11.8 Å². The molecule has 2 fully saturated rings.